The number of ether oxygens (including phenoxy) is 2. The molecule has 4 nitrogen and oxygen atoms in total. The summed E-state index contributed by atoms with van der Waals surface area (Å²) in [4.78, 5) is 9.40. The minimum atomic E-state index is 0.590. The number of benzene rings is 2. The molecule has 0 atom stereocenters. The van der Waals surface area contributed by atoms with Crippen molar-refractivity contribution < 1.29 is 9.47 Å². The minimum absolute atomic E-state index is 0.590. The summed E-state index contributed by atoms with van der Waals surface area (Å²) in [7, 11) is 0. The average Bonchev–Trinajstić information content (AvgIpc) is 2.59. The van der Waals surface area contributed by atoms with Gasteiger partial charge < -0.3 is 9.47 Å². The molecule has 2 aromatic carbocycles. The summed E-state index contributed by atoms with van der Waals surface area (Å²) in [5, 5.41) is 0. The van der Waals surface area contributed by atoms with E-state index in [-0.39, 0.29) is 0 Å². The molecule has 0 bridgehead atoms. The fourth-order valence-corrected chi connectivity index (χ4v) is 2.54. The fourth-order valence-electron chi connectivity index (χ4n) is 2.54. The van der Waals surface area contributed by atoms with Crippen LogP contribution in [0.5, 0.6) is 0 Å². The molecule has 122 valence electrons. The van der Waals surface area contributed by atoms with Gasteiger partial charge in [-0.25, -0.2) is 9.97 Å². The van der Waals surface area contributed by atoms with E-state index in [0.29, 0.717) is 24.7 Å². The van der Waals surface area contributed by atoms with Crippen molar-refractivity contribution in [3.05, 3.63) is 60.7 Å². The summed E-state index contributed by atoms with van der Waals surface area (Å²) in [5.41, 5.74) is 5.12. The van der Waals surface area contributed by atoms with Gasteiger partial charge in [0.1, 0.15) is 11.5 Å². The smallest absolute Gasteiger partial charge is 0.119 e. The van der Waals surface area contributed by atoms with Crippen LogP contribution in [0.1, 0.15) is 25.0 Å². The van der Waals surface area contributed by atoms with Gasteiger partial charge in [-0.3, -0.25) is 0 Å². The molecule has 0 saturated carbocycles. The second-order valence-electron chi connectivity index (χ2n) is 5.34. The Hall–Kier alpha value is -2.88. The molecular weight excluding hydrogens is 300 g/mol. The van der Waals surface area contributed by atoms with Crippen LogP contribution in [-0.2, 0) is 9.47 Å². The number of nitrogens with zero attached hydrogens (tertiary/aromatic N) is 2. The topological polar surface area (TPSA) is 44.2 Å². The van der Waals surface area contributed by atoms with Crippen LogP contribution >= 0.6 is 0 Å². The van der Waals surface area contributed by atoms with Crippen molar-refractivity contribution >= 4 is 33.6 Å². The highest BCUT2D eigenvalue weighted by Crippen LogP contribution is 2.23. The zero-order valence-electron chi connectivity index (χ0n) is 14.0. The lowest BCUT2D eigenvalue weighted by Crippen LogP contribution is -1.94. The van der Waals surface area contributed by atoms with Gasteiger partial charge in [-0.15, -0.1) is 0 Å². The molecule has 0 unspecified atom stereocenters. The minimum Gasteiger partial charge on any atom is -0.494 e. The van der Waals surface area contributed by atoms with Gasteiger partial charge in [-0.1, -0.05) is 13.2 Å². The zero-order chi connectivity index (χ0) is 17.1. The Morgan fingerprint density at radius 2 is 1.17 bits per heavy atom. The van der Waals surface area contributed by atoms with Gasteiger partial charge in [0.2, 0.25) is 0 Å². The first-order valence-electron chi connectivity index (χ1n) is 7.98. The van der Waals surface area contributed by atoms with Gasteiger partial charge in [0.15, 0.2) is 0 Å². The van der Waals surface area contributed by atoms with E-state index in [4.69, 9.17) is 19.4 Å². The zero-order valence-corrected chi connectivity index (χ0v) is 14.0. The van der Waals surface area contributed by atoms with E-state index in [2.05, 4.69) is 13.2 Å². The molecule has 0 aliphatic rings. The van der Waals surface area contributed by atoms with Crippen LogP contribution in [0.15, 0.2) is 49.6 Å². The second kappa shape index (κ2) is 6.71. The third-order valence-electron chi connectivity index (χ3n) is 3.71. The summed E-state index contributed by atoms with van der Waals surface area (Å²) < 4.78 is 10.9. The van der Waals surface area contributed by atoms with Crippen molar-refractivity contribution in [3.8, 4) is 0 Å². The third kappa shape index (κ3) is 3.08. The second-order valence-corrected chi connectivity index (χ2v) is 5.34. The summed E-state index contributed by atoms with van der Waals surface area (Å²) in [6.07, 6.45) is 0. The van der Waals surface area contributed by atoms with E-state index >= 15 is 0 Å². The monoisotopic (exact) mass is 320 g/mol. The van der Waals surface area contributed by atoms with Gasteiger partial charge in [0.25, 0.3) is 0 Å². The summed E-state index contributed by atoms with van der Waals surface area (Å²) in [5.74, 6) is 1.29. The van der Waals surface area contributed by atoms with E-state index in [9.17, 15) is 0 Å². The lowest BCUT2D eigenvalue weighted by Gasteiger charge is -2.09. The molecule has 3 rings (SSSR count). The largest absolute Gasteiger partial charge is 0.494 e. The molecule has 4 heteroatoms. The molecule has 0 fully saturated rings. The Bertz CT molecular complexity index is 854. The number of rotatable bonds is 6. The lowest BCUT2D eigenvalue weighted by molar-refractivity contribution is 0.299. The van der Waals surface area contributed by atoms with E-state index < -0.39 is 0 Å². The highest BCUT2D eigenvalue weighted by molar-refractivity contribution is 5.89. The Kier molecular flexibility index (Phi) is 4.47. The van der Waals surface area contributed by atoms with E-state index in [1.54, 1.807) is 0 Å². The quantitative estimate of drug-likeness (QED) is 0.483. The molecule has 0 amide bonds. The molecule has 3 aromatic rings. The summed E-state index contributed by atoms with van der Waals surface area (Å²) >= 11 is 0. The van der Waals surface area contributed by atoms with E-state index in [1.807, 2.05) is 50.2 Å². The van der Waals surface area contributed by atoms with Gasteiger partial charge in [0, 0.05) is 11.1 Å². The van der Waals surface area contributed by atoms with Gasteiger partial charge in [-0.2, -0.15) is 0 Å². The van der Waals surface area contributed by atoms with Crippen LogP contribution in [0.2, 0.25) is 0 Å². The molecule has 0 spiro atoms. The standard InChI is InChI=1S/C20H20N2O2/c1-5-23-13(3)15-7-9-17-19(11-15)21-18-10-8-16(12-20(18)22-17)14(4)24-6-2/h7-12H,3-6H2,1-2H3. The molecule has 0 radical (unpaired) electrons. The van der Waals surface area contributed by atoms with Gasteiger partial charge >= 0.3 is 0 Å². The van der Waals surface area contributed by atoms with Gasteiger partial charge in [0.05, 0.1) is 35.3 Å². The predicted molar refractivity (Wildman–Crippen MR) is 98.4 cm³/mol. The van der Waals surface area contributed by atoms with Crippen molar-refractivity contribution in [2.24, 2.45) is 0 Å². The van der Waals surface area contributed by atoms with Crippen LogP contribution in [-0.4, -0.2) is 23.2 Å². The molecule has 1 aromatic heterocycles. The van der Waals surface area contributed by atoms with Crippen molar-refractivity contribution in [1.82, 2.24) is 9.97 Å². The normalized spacial score (nSPS) is 10.8. The molecule has 0 N–H and O–H groups in total. The fraction of sp³-hybridized carbons (Fsp3) is 0.200. The molecule has 0 aliphatic carbocycles. The van der Waals surface area contributed by atoms with Gasteiger partial charge in [-0.05, 0) is 50.2 Å². The Morgan fingerprint density at radius 1 is 0.750 bits per heavy atom. The number of fused-ring (bicyclic) bond motifs is 2. The Balaban J connectivity index is 2.05. The highest BCUT2D eigenvalue weighted by Gasteiger charge is 2.07. The SMILES string of the molecule is C=C(OCC)c1ccc2nc3cc(C(=C)OCC)ccc3nc2c1. The maximum absolute atomic E-state index is 5.46. The van der Waals surface area contributed by atoms with Crippen LogP contribution in [0, 0.1) is 0 Å². The maximum Gasteiger partial charge on any atom is 0.119 e. The molecular formula is C20H20N2O2. The maximum atomic E-state index is 5.46. The average molecular weight is 320 g/mol. The number of aromatic nitrogens is 2. The molecule has 24 heavy (non-hydrogen) atoms. The highest BCUT2D eigenvalue weighted by atomic mass is 16.5. The Labute approximate surface area is 141 Å². The van der Waals surface area contributed by atoms with Crippen LogP contribution in [0.25, 0.3) is 33.6 Å². The van der Waals surface area contributed by atoms with E-state index in [1.165, 1.54) is 0 Å². The molecule has 0 saturated heterocycles. The summed E-state index contributed by atoms with van der Waals surface area (Å²) in [6, 6.07) is 11.7. The number of hydrogen-bond donors (Lipinski definition) is 0. The molecule has 1 heterocycles. The van der Waals surface area contributed by atoms with Crippen LogP contribution < -0.4 is 0 Å². The van der Waals surface area contributed by atoms with Crippen molar-refractivity contribution in [3.63, 3.8) is 0 Å². The van der Waals surface area contributed by atoms with Crippen molar-refractivity contribution in [2.45, 2.75) is 13.8 Å². The van der Waals surface area contributed by atoms with Crippen molar-refractivity contribution in [1.29, 1.82) is 0 Å². The first kappa shape index (κ1) is 16.0. The lowest BCUT2D eigenvalue weighted by atomic mass is 10.1. The first-order chi connectivity index (χ1) is 11.6. The van der Waals surface area contributed by atoms with E-state index in [0.717, 1.165) is 33.2 Å². The summed E-state index contributed by atoms with van der Waals surface area (Å²) in [6.45, 7) is 12.9. The molecule has 0 aliphatic heterocycles. The number of hydrogen-bond acceptors (Lipinski definition) is 4. The van der Waals surface area contributed by atoms with Crippen LogP contribution in [0.3, 0.4) is 0 Å². The first-order valence-corrected chi connectivity index (χ1v) is 7.98. The Morgan fingerprint density at radius 3 is 1.54 bits per heavy atom. The van der Waals surface area contributed by atoms with Crippen LogP contribution in [0.4, 0.5) is 0 Å². The predicted octanol–water partition coefficient (Wildman–Crippen LogP) is 4.80. The van der Waals surface area contributed by atoms with Crippen molar-refractivity contribution in [2.75, 3.05) is 13.2 Å². The third-order valence-corrected chi connectivity index (χ3v) is 3.71.